The van der Waals surface area contributed by atoms with E-state index in [0.29, 0.717) is 0 Å². The number of rotatable bonds is 20. The maximum Gasteiger partial charge on any atom is 0.351 e. The quantitative estimate of drug-likeness (QED) is 0.0529. The first-order valence-electron chi connectivity index (χ1n) is 34.6. The van der Waals surface area contributed by atoms with Crippen molar-refractivity contribution in [2.75, 3.05) is 52.9 Å². The van der Waals surface area contributed by atoms with Gasteiger partial charge in [0.25, 0.3) is 0 Å². The van der Waals surface area contributed by atoms with Crippen LogP contribution < -0.4 is 0 Å². The Hall–Kier alpha value is -6.68. The van der Waals surface area contributed by atoms with Gasteiger partial charge in [0, 0.05) is 0 Å². The van der Waals surface area contributed by atoms with Crippen LogP contribution in [0.2, 0.25) is 0 Å². The minimum absolute atomic E-state index is 0.0593. The summed E-state index contributed by atoms with van der Waals surface area (Å²) in [4.78, 5) is -3.88. The molecule has 444 valence electrons. The van der Waals surface area contributed by atoms with E-state index in [1.807, 2.05) is 55.4 Å². The maximum atomic E-state index is 18.5. The molecule has 24 aromatic rings. The first-order valence-corrected chi connectivity index (χ1v) is 40.7. The Bertz CT molecular complexity index is 6990. The highest BCUT2D eigenvalue weighted by atomic mass is 31.2. The molecule has 0 bridgehead atoms. The Kier molecular flexibility index (Phi) is 5.42. The molecule has 12 nitrogen and oxygen atoms in total. The lowest BCUT2D eigenvalue weighted by molar-refractivity contribution is 0.186. The van der Waals surface area contributed by atoms with Crippen molar-refractivity contribution in [3.05, 3.63) is 44.5 Å². The van der Waals surface area contributed by atoms with Gasteiger partial charge in [-0.25, -0.2) is 0 Å². The third-order valence-corrected chi connectivity index (χ3v) is 43.6. The lowest BCUT2D eigenvalue weighted by Crippen LogP contribution is -2.29. The third kappa shape index (κ3) is 2.64. The topological polar surface area (TPSA) is 142 Å². The van der Waals surface area contributed by atoms with Crippen LogP contribution in [0.1, 0.15) is 99.9 Å². The van der Waals surface area contributed by atoms with Crippen LogP contribution in [0.3, 0.4) is 0 Å². The average Bonchev–Trinajstić information content (AvgIpc) is 1.35. The van der Waals surface area contributed by atoms with Crippen molar-refractivity contribution in [3.63, 3.8) is 0 Å². The Morgan fingerprint density at radius 2 is 0.255 bits per heavy atom. The zero-order valence-corrected chi connectivity index (χ0v) is 54.9. The van der Waals surface area contributed by atoms with Crippen LogP contribution in [0.5, 0.6) is 0 Å². The van der Waals surface area contributed by atoms with E-state index in [-0.39, 0.29) is 52.9 Å². The SMILES string of the molecule is CCOP(=O)(OCC)C1(P(=O)(OCC)OCC)C23c4c5c6c7c8c9c(c%10c%11c2c2c4c4c%12c5c5c6c6c8c8c%13c%14c%15c%16c%17c%18c%19c%20c%21c%22c%23c(c%14c%14c%24c%23c%23c%22c%22c%20c(c2c%22c%11c%23c%10c%24c9c%148)c4c%19c%12c%17c5c%16c%136)C%152C%18%21C2(P(=O)(OCC)OCC)P(=O)(OCC)OCC)C731. The molecule has 0 heterocycles. The largest absolute Gasteiger partial charge is 0.351 e. The van der Waals surface area contributed by atoms with E-state index in [1.165, 1.54) is 259 Å². The molecule has 16 heteroatoms. The monoisotopic (exact) mass is 1290 g/mol. The average molecular weight is 1290 g/mol. The highest BCUT2D eigenvalue weighted by Crippen LogP contribution is 3.10. The van der Waals surface area contributed by atoms with Gasteiger partial charge in [0.05, 0.1) is 74.5 Å². The second-order valence-corrected chi connectivity index (χ2v) is 40.1. The molecule has 24 aromatic carbocycles. The summed E-state index contributed by atoms with van der Waals surface area (Å²) in [6.45, 7) is 15.8. The Morgan fingerprint density at radius 3 is 0.340 bits per heavy atom. The summed E-state index contributed by atoms with van der Waals surface area (Å²) < 4.78 is 132. The van der Waals surface area contributed by atoms with Gasteiger partial charge in [-0.2, -0.15) is 0 Å². The van der Waals surface area contributed by atoms with E-state index in [9.17, 15) is 0 Å². The van der Waals surface area contributed by atoms with Gasteiger partial charge in [-0.05, 0) is 358 Å². The van der Waals surface area contributed by atoms with Gasteiger partial charge in [-0.15, -0.1) is 0 Å². The maximum absolute atomic E-state index is 18.5. The Balaban J connectivity index is 1.02. The minimum atomic E-state index is -4.76. The molecule has 10 aliphatic carbocycles. The Labute approximate surface area is 524 Å². The summed E-state index contributed by atoms with van der Waals surface area (Å²) in [5, 5.41) is 59.5. The van der Waals surface area contributed by atoms with Gasteiger partial charge in [0.2, 0.25) is 9.79 Å². The van der Waals surface area contributed by atoms with Crippen LogP contribution in [-0.4, -0.2) is 62.6 Å². The molecule has 2 saturated carbocycles. The predicted octanol–water partition coefficient (Wildman–Crippen LogP) is 21.3. The second-order valence-electron chi connectivity index (χ2n) is 30.7. The molecule has 10 aliphatic rings. The van der Waals surface area contributed by atoms with Gasteiger partial charge < -0.3 is 36.2 Å². The van der Waals surface area contributed by atoms with Crippen LogP contribution in [0.15, 0.2) is 0 Å². The summed E-state index contributed by atoms with van der Waals surface area (Å²) in [5.41, 5.74) is 3.65. The number of benzene rings is 16. The molecule has 0 radical (unpaired) electrons. The van der Waals surface area contributed by atoms with Gasteiger partial charge in [-0.3, -0.25) is 18.3 Å². The first kappa shape index (κ1) is 45.7. The molecule has 2 fully saturated rings. The van der Waals surface area contributed by atoms with Crippen LogP contribution in [0.4, 0.5) is 0 Å². The molecule has 0 atom stereocenters. The van der Waals surface area contributed by atoms with E-state index in [4.69, 9.17) is 36.2 Å². The van der Waals surface area contributed by atoms with E-state index in [0.717, 1.165) is 44.5 Å². The third-order valence-electron chi connectivity index (χ3n) is 30.1. The lowest BCUT2D eigenvalue weighted by Gasteiger charge is -2.36. The molecule has 0 aliphatic heterocycles. The van der Waals surface area contributed by atoms with Gasteiger partial charge in [0.15, 0.2) is 0 Å². The molecule has 0 N–H and O–H groups in total. The summed E-state index contributed by atoms with van der Waals surface area (Å²) in [7, 11) is -19.0. The van der Waals surface area contributed by atoms with Crippen molar-refractivity contribution in [2.45, 2.75) is 86.8 Å². The van der Waals surface area contributed by atoms with Gasteiger partial charge in [-0.1, -0.05) is 0 Å². The number of hydrogen-bond acceptors (Lipinski definition) is 12. The predicted molar refractivity (Wildman–Crippen MR) is 376 cm³/mol. The molecule has 0 amide bonds. The summed E-state index contributed by atoms with van der Waals surface area (Å²) >= 11 is 0. The van der Waals surface area contributed by atoms with E-state index in [2.05, 4.69) is 0 Å². The normalized spacial score (nSPS) is 21.3. The van der Waals surface area contributed by atoms with Crippen LogP contribution in [0.25, 0.3) is 259 Å². The highest BCUT2D eigenvalue weighted by Gasteiger charge is 3.08. The van der Waals surface area contributed by atoms with E-state index < -0.39 is 61.8 Å². The molecule has 0 saturated heterocycles. The van der Waals surface area contributed by atoms with Crippen molar-refractivity contribution >= 4 is 289 Å². The Morgan fingerprint density at radius 1 is 0.170 bits per heavy atom. The number of hydrogen-bond donors (Lipinski definition) is 0. The van der Waals surface area contributed by atoms with Crippen molar-refractivity contribution in [1.29, 1.82) is 0 Å². The van der Waals surface area contributed by atoms with Crippen molar-refractivity contribution < 1.29 is 54.5 Å². The molecule has 4 spiro atoms. The fourth-order valence-corrected chi connectivity index (χ4v) is 45.1. The lowest BCUT2D eigenvalue weighted by atomic mass is 9.67. The second kappa shape index (κ2) is 11.2. The van der Waals surface area contributed by atoms with Crippen molar-refractivity contribution in [2.24, 2.45) is 0 Å². The van der Waals surface area contributed by atoms with E-state index >= 15 is 18.3 Å². The minimum Gasteiger partial charge on any atom is -0.308 e. The molecule has 94 heavy (non-hydrogen) atoms. The smallest absolute Gasteiger partial charge is 0.308 e. The molecular weight excluding hydrogens is 1250 g/mol. The molecule has 0 aromatic heterocycles. The first-order chi connectivity index (χ1) is 46.0. The van der Waals surface area contributed by atoms with E-state index in [1.54, 1.807) is 0 Å². The molecule has 0 unspecified atom stereocenters. The summed E-state index contributed by atoms with van der Waals surface area (Å²) in [5.74, 6) is 0. The van der Waals surface area contributed by atoms with Crippen LogP contribution in [-0.2, 0) is 76.1 Å². The van der Waals surface area contributed by atoms with Gasteiger partial charge in [0.1, 0.15) is 0 Å². The molecule has 34 rings (SSSR count). The van der Waals surface area contributed by atoms with Gasteiger partial charge >= 0.3 is 30.4 Å². The standard InChI is InChI=1S/C78H40O12P4/c1-9-83-91(79,84-10-2)77(92(80,85-11-3)86-12-4)73-65-49-33-17-19-37-25-21(33)41-29-31-43-23-27-39-20-18-35(23)51(67(73)59(43)57(41)65)52-36(18)24-28-40(20)56-55(39)71-63(47(27)31)61(45(25)29)69-53(37)54-38(19)26-22-34(17)50(49)66-58-42(22)30-32(44(24)60(58)68(52)74(66,73)77)48(28)64-62(46(26)30)70(54)76(72(56)64)75(69,71)78(76,93(81,87-13-5)88-14-6)94(82,89-15-7)90-16-8/h9-16H2,1-8H3. The fourth-order valence-electron chi connectivity index (χ4n) is 30.7. The summed E-state index contributed by atoms with van der Waals surface area (Å²) in [6, 6.07) is 0. The molecular formula is C78H40O12P4. The highest BCUT2D eigenvalue weighted by molar-refractivity contribution is 7.76. The zero-order chi connectivity index (χ0) is 60.6. The van der Waals surface area contributed by atoms with Crippen molar-refractivity contribution in [1.82, 2.24) is 0 Å². The van der Waals surface area contributed by atoms with Crippen LogP contribution in [0, 0.1) is 0 Å². The fraction of sp³-hybridized carbons (Fsp3) is 0.282. The zero-order valence-electron chi connectivity index (χ0n) is 51.3. The van der Waals surface area contributed by atoms with Crippen LogP contribution >= 0.6 is 30.4 Å². The van der Waals surface area contributed by atoms with Crippen molar-refractivity contribution in [3.8, 4) is 0 Å². The summed E-state index contributed by atoms with van der Waals surface area (Å²) in [6.07, 6.45) is 0.